The van der Waals surface area contributed by atoms with Crippen LogP contribution in [0.3, 0.4) is 0 Å². The molecule has 20 heteroatoms. The molecule has 16 nitrogen and oxygen atoms in total. The number of aliphatic carboxylic acids is 1. The molecule has 1 saturated heterocycles. The highest BCUT2D eigenvalue weighted by Gasteiger charge is 2.54. The van der Waals surface area contributed by atoms with Crippen molar-refractivity contribution >= 4 is 85.8 Å². The van der Waals surface area contributed by atoms with Crippen LogP contribution in [0.5, 0.6) is 0 Å². The van der Waals surface area contributed by atoms with Crippen LogP contribution in [0, 0.1) is 0 Å². The quantitative estimate of drug-likeness (QED) is 0.104. The first-order valence-corrected chi connectivity index (χ1v) is 14.6. The Hall–Kier alpha value is -4.01. The predicted octanol–water partition coefficient (Wildman–Crippen LogP) is -0.231. The minimum Gasteiger partial charge on any atom is -0.477 e. The standard InChI is InChI=1S/C20H16N8O8S4/c1-36-26-9(8-5-38-18(21)23-8)12(29)24-10-14(31)27-11(17(34)35)6(3-37-15(10)27)4-39-20-25-28-13(30)7(16(32)33)2-22-19(28)40-20/h2,5,10,15H,3-4H2,1H3,(H2,21,23)(H,24,29)(H,32,33)(H,34,35)/b26-9-/t10-,15-/m1/s1. The van der Waals surface area contributed by atoms with Crippen molar-refractivity contribution in [1.29, 1.82) is 0 Å². The number of hydrogen-bond donors (Lipinski definition) is 4. The zero-order chi connectivity index (χ0) is 28.7. The lowest BCUT2D eigenvalue weighted by atomic mass is 10.0. The van der Waals surface area contributed by atoms with Crippen LogP contribution in [0.2, 0.25) is 0 Å². The van der Waals surface area contributed by atoms with Crippen molar-refractivity contribution < 1.29 is 34.2 Å². The zero-order valence-electron chi connectivity index (χ0n) is 20.0. The van der Waals surface area contributed by atoms with Gasteiger partial charge in [-0.3, -0.25) is 19.3 Å². The summed E-state index contributed by atoms with van der Waals surface area (Å²) in [5.74, 6) is -3.73. The number of carbonyl (C=O) groups is 4. The van der Waals surface area contributed by atoms with E-state index in [-0.39, 0.29) is 38.7 Å². The van der Waals surface area contributed by atoms with E-state index in [2.05, 4.69) is 25.5 Å². The SMILES string of the molecule is CO/N=C(\C(=O)N[C@@H]1C(=O)N2C(C(=O)O)=C(CSc3nn4c(=O)c(C(=O)O)cnc4s3)CS[C@H]12)c1csc(N)n1. The van der Waals surface area contributed by atoms with Gasteiger partial charge in [-0.2, -0.15) is 4.52 Å². The van der Waals surface area contributed by atoms with Crippen LogP contribution >= 0.6 is 46.2 Å². The molecule has 0 spiro atoms. The van der Waals surface area contributed by atoms with E-state index in [4.69, 9.17) is 15.7 Å². The average Bonchev–Trinajstić information content (AvgIpc) is 3.54. The Morgan fingerprint density at radius 1 is 1.30 bits per heavy atom. The lowest BCUT2D eigenvalue weighted by Gasteiger charge is -2.49. The van der Waals surface area contributed by atoms with E-state index in [1.54, 1.807) is 0 Å². The van der Waals surface area contributed by atoms with Crippen LogP contribution < -0.4 is 16.6 Å². The Balaban J connectivity index is 1.32. The normalized spacial score (nSPS) is 18.9. The Bertz CT molecular complexity index is 1690. The van der Waals surface area contributed by atoms with Crippen molar-refractivity contribution in [3.8, 4) is 0 Å². The molecular weight excluding hydrogens is 609 g/mol. The van der Waals surface area contributed by atoms with E-state index in [0.29, 0.717) is 9.91 Å². The summed E-state index contributed by atoms with van der Waals surface area (Å²) in [6.07, 6.45) is 0.955. The Labute approximate surface area is 238 Å². The van der Waals surface area contributed by atoms with Crippen LogP contribution in [-0.2, 0) is 19.2 Å². The Morgan fingerprint density at radius 2 is 2.08 bits per heavy atom. The number of rotatable bonds is 9. The molecule has 2 amide bonds. The molecule has 2 aliphatic rings. The minimum atomic E-state index is -1.43. The van der Waals surface area contributed by atoms with Gasteiger partial charge in [0.1, 0.15) is 35.5 Å². The molecule has 0 radical (unpaired) electrons. The summed E-state index contributed by atoms with van der Waals surface area (Å²) in [5.41, 5.74) is 4.48. The van der Waals surface area contributed by atoms with E-state index in [1.165, 1.54) is 24.3 Å². The maximum Gasteiger partial charge on any atom is 0.352 e. The second kappa shape index (κ2) is 10.9. The minimum absolute atomic E-state index is 0.123. The monoisotopic (exact) mass is 624 g/mol. The third-order valence-electron chi connectivity index (χ3n) is 5.57. The largest absolute Gasteiger partial charge is 0.477 e. The first-order valence-electron chi connectivity index (χ1n) is 10.9. The Kier molecular flexibility index (Phi) is 7.49. The number of fused-ring (bicyclic) bond motifs is 2. The summed E-state index contributed by atoms with van der Waals surface area (Å²) in [7, 11) is 1.25. The number of anilines is 1. The maximum absolute atomic E-state index is 13.0. The highest BCUT2D eigenvalue weighted by molar-refractivity contribution is 8.02. The van der Waals surface area contributed by atoms with Gasteiger partial charge in [0.15, 0.2) is 15.2 Å². The number of carboxylic acids is 2. The molecule has 1 fully saturated rings. The summed E-state index contributed by atoms with van der Waals surface area (Å²) in [5, 5.41) is 30.4. The van der Waals surface area contributed by atoms with Crippen LogP contribution in [0.1, 0.15) is 16.1 Å². The molecule has 3 aromatic rings. The van der Waals surface area contributed by atoms with Crippen molar-refractivity contribution in [2.45, 2.75) is 15.8 Å². The second-order valence-electron chi connectivity index (χ2n) is 7.94. The lowest BCUT2D eigenvalue weighted by molar-refractivity contribution is -0.150. The first-order chi connectivity index (χ1) is 19.1. The number of thioether (sulfide) groups is 2. The topological polar surface area (TPSA) is 232 Å². The van der Waals surface area contributed by atoms with E-state index >= 15 is 0 Å². The lowest BCUT2D eigenvalue weighted by Crippen LogP contribution is -2.71. The number of carbonyl (C=O) groups excluding carboxylic acids is 2. The van der Waals surface area contributed by atoms with Gasteiger partial charge in [-0.15, -0.1) is 28.2 Å². The summed E-state index contributed by atoms with van der Waals surface area (Å²) in [4.78, 5) is 75.5. The number of nitrogen functional groups attached to an aromatic ring is 1. The third kappa shape index (κ3) is 4.89. The predicted molar refractivity (Wildman–Crippen MR) is 145 cm³/mol. The number of carboxylic acid groups (broad SMARTS) is 2. The van der Waals surface area contributed by atoms with Gasteiger partial charge in [0.05, 0.1) is 6.20 Å². The van der Waals surface area contributed by atoms with Gasteiger partial charge in [-0.1, -0.05) is 28.3 Å². The number of β-lactam (4-membered cyclic amide) rings is 1. The molecule has 5 heterocycles. The number of aromatic carboxylic acids is 1. The van der Waals surface area contributed by atoms with E-state index in [9.17, 15) is 29.1 Å². The molecule has 0 saturated carbocycles. The number of nitrogens with one attached hydrogen (secondary N) is 1. The van der Waals surface area contributed by atoms with Crippen molar-refractivity contribution in [1.82, 2.24) is 29.8 Å². The molecule has 0 aromatic carbocycles. The van der Waals surface area contributed by atoms with E-state index in [0.717, 1.165) is 50.0 Å². The fourth-order valence-electron chi connectivity index (χ4n) is 3.82. The summed E-state index contributed by atoms with van der Waals surface area (Å²) in [6, 6.07) is -1.01. The van der Waals surface area contributed by atoms with E-state index < -0.39 is 46.3 Å². The Morgan fingerprint density at radius 3 is 2.73 bits per heavy atom. The summed E-state index contributed by atoms with van der Waals surface area (Å²) >= 11 is 4.51. The van der Waals surface area contributed by atoms with Gasteiger partial charge in [-0.25, -0.2) is 19.6 Å². The molecule has 5 N–H and O–H groups in total. The third-order valence-corrected chi connectivity index (χ3v) is 9.72. The van der Waals surface area contributed by atoms with Crippen molar-refractivity contribution in [3.63, 3.8) is 0 Å². The van der Waals surface area contributed by atoms with Crippen molar-refractivity contribution in [2.75, 3.05) is 24.3 Å². The van der Waals surface area contributed by atoms with Gasteiger partial charge < -0.3 is 26.1 Å². The van der Waals surface area contributed by atoms with Crippen LogP contribution in [0.25, 0.3) is 4.96 Å². The number of oxime groups is 1. The van der Waals surface area contributed by atoms with Gasteiger partial charge in [0.25, 0.3) is 17.4 Å². The highest BCUT2D eigenvalue weighted by atomic mass is 32.2. The maximum atomic E-state index is 13.0. The molecule has 2 atom stereocenters. The highest BCUT2D eigenvalue weighted by Crippen LogP contribution is 2.42. The van der Waals surface area contributed by atoms with E-state index in [1.807, 2.05) is 0 Å². The number of hydrogen-bond acceptors (Lipinski definition) is 15. The van der Waals surface area contributed by atoms with Crippen LogP contribution in [0.4, 0.5) is 5.13 Å². The molecule has 40 heavy (non-hydrogen) atoms. The molecule has 0 unspecified atom stereocenters. The molecular formula is C20H16N8O8S4. The molecule has 0 bridgehead atoms. The van der Waals surface area contributed by atoms with Crippen molar-refractivity contribution in [3.05, 3.63) is 44.5 Å². The van der Waals surface area contributed by atoms with Crippen LogP contribution in [0.15, 0.2) is 37.1 Å². The fraction of sp³-hybridized carbons (Fsp3) is 0.250. The first kappa shape index (κ1) is 27.6. The zero-order valence-corrected chi connectivity index (χ0v) is 23.2. The summed E-state index contributed by atoms with van der Waals surface area (Å²) in [6.45, 7) is 0. The number of aromatic nitrogens is 4. The molecule has 208 valence electrons. The number of amides is 2. The molecule has 0 aliphatic carbocycles. The molecule has 2 aliphatic heterocycles. The number of nitrogens with zero attached hydrogens (tertiary/aromatic N) is 6. The fourth-order valence-corrected chi connectivity index (χ4v) is 7.75. The number of nitrogens with two attached hydrogens (primary N) is 1. The number of thiazole rings is 1. The second-order valence-corrected chi connectivity index (χ2v) is 12.1. The smallest absolute Gasteiger partial charge is 0.352 e. The van der Waals surface area contributed by atoms with Gasteiger partial charge in [0, 0.05) is 16.9 Å². The molecule has 3 aromatic heterocycles. The van der Waals surface area contributed by atoms with Crippen LogP contribution in [-0.4, -0.2) is 94.2 Å². The van der Waals surface area contributed by atoms with Crippen molar-refractivity contribution in [2.24, 2.45) is 5.16 Å². The van der Waals surface area contributed by atoms with Gasteiger partial charge in [-0.05, 0) is 5.57 Å². The van der Waals surface area contributed by atoms with Gasteiger partial charge >= 0.3 is 11.9 Å². The molecule has 5 rings (SSSR count). The van der Waals surface area contributed by atoms with Gasteiger partial charge in [0.2, 0.25) is 4.96 Å². The average molecular weight is 625 g/mol. The summed E-state index contributed by atoms with van der Waals surface area (Å²) < 4.78 is 1.23.